The van der Waals surface area contributed by atoms with Crippen LogP contribution in [0, 0.1) is 19.7 Å². The Hall–Kier alpha value is -3.55. The SMILES string of the molecule is Cc1cc(-c2ccn3nc(Nc4cc(C)c(=O)n(C5CC5)n4)cc3c2)c(F)cn1. The quantitative estimate of drug-likeness (QED) is 0.574. The number of hydrogen-bond acceptors (Lipinski definition) is 5. The van der Waals surface area contributed by atoms with E-state index in [0.29, 0.717) is 22.8 Å². The van der Waals surface area contributed by atoms with Gasteiger partial charge in [0.2, 0.25) is 0 Å². The van der Waals surface area contributed by atoms with Gasteiger partial charge in [-0.3, -0.25) is 9.78 Å². The van der Waals surface area contributed by atoms with Gasteiger partial charge < -0.3 is 5.32 Å². The summed E-state index contributed by atoms with van der Waals surface area (Å²) >= 11 is 0. The van der Waals surface area contributed by atoms with Crippen molar-refractivity contribution in [3.63, 3.8) is 0 Å². The van der Waals surface area contributed by atoms with E-state index in [0.717, 1.165) is 29.6 Å². The first-order valence-electron chi connectivity index (χ1n) is 9.47. The Bertz CT molecular complexity index is 1300. The lowest BCUT2D eigenvalue weighted by Crippen LogP contribution is -2.24. The molecule has 0 unspecified atom stereocenters. The zero-order valence-electron chi connectivity index (χ0n) is 16.1. The molecule has 146 valence electrons. The van der Waals surface area contributed by atoms with E-state index in [9.17, 15) is 9.18 Å². The molecule has 1 saturated carbocycles. The maximum Gasteiger partial charge on any atom is 0.270 e. The number of hydrogen-bond donors (Lipinski definition) is 1. The summed E-state index contributed by atoms with van der Waals surface area (Å²) in [6, 6.07) is 9.21. The smallest absolute Gasteiger partial charge is 0.270 e. The van der Waals surface area contributed by atoms with Crippen LogP contribution in [-0.2, 0) is 0 Å². The molecule has 0 bridgehead atoms. The van der Waals surface area contributed by atoms with E-state index in [4.69, 9.17) is 0 Å². The molecule has 8 heteroatoms. The summed E-state index contributed by atoms with van der Waals surface area (Å²) in [4.78, 5) is 16.2. The van der Waals surface area contributed by atoms with Gasteiger partial charge >= 0.3 is 0 Å². The van der Waals surface area contributed by atoms with Crippen LogP contribution in [0.2, 0.25) is 0 Å². The minimum Gasteiger partial charge on any atom is -0.322 e. The highest BCUT2D eigenvalue weighted by Crippen LogP contribution is 2.33. The molecule has 0 saturated heterocycles. The van der Waals surface area contributed by atoms with E-state index < -0.39 is 0 Å². The van der Waals surface area contributed by atoms with Crippen LogP contribution < -0.4 is 10.9 Å². The van der Waals surface area contributed by atoms with E-state index in [2.05, 4.69) is 20.5 Å². The summed E-state index contributed by atoms with van der Waals surface area (Å²) in [5.74, 6) is 0.815. The maximum absolute atomic E-state index is 14.2. The summed E-state index contributed by atoms with van der Waals surface area (Å²) in [6.45, 7) is 3.62. The van der Waals surface area contributed by atoms with E-state index in [1.165, 1.54) is 6.20 Å². The number of aryl methyl sites for hydroxylation is 2. The van der Waals surface area contributed by atoms with Crippen molar-refractivity contribution in [2.24, 2.45) is 0 Å². The first-order valence-corrected chi connectivity index (χ1v) is 9.47. The first kappa shape index (κ1) is 17.5. The number of nitrogens with zero attached hydrogens (tertiary/aromatic N) is 5. The second-order valence-electron chi connectivity index (χ2n) is 7.44. The number of fused-ring (bicyclic) bond motifs is 1. The first-order chi connectivity index (χ1) is 14.0. The van der Waals surface area contributed by atoms with Crippen molar-refractivity contribution in [1.29, 1.82) is 0 Å². The molecule has 29 heavy (non-hydrogen) atoms. The fourth-order valence-corrected chi connectivity index (χ4v) is 3.38. The number of pyridine rings is 2. The third-order valence-electron chi connectivity index (χ3n) is 5.03. The van der Waals surface area contributed by atoms with Crippen molar-refractivity contribution in [2.45, 2.75) is 32.7 Å². The van der Waals surface area contributed by atoms with Crippen LogP contribution in [0.3, 0.4) is 0 Å². The number of aromatic nitrogens is 5. The van der Waals surface area contributed by atoms with E-state index in [1.807, 2.05) is 25.1 Å². The predicted molar refractivity (Wildman–Crippen MR) is 108 cm³/mol. The predicted octanol–water partition coefficient (Wildman–Crippen LogP) is 3.79. The van der Waals surface area contributed by atoms with Crippen molar-refractivity contribution in [3.8, 4) is 11.1 Å². The maximum atomic E-state index is 14.2. The third-order valence-corrected chi connectivity index (χ3v) is 5.03. The topological polar surface area (TPSA) is 77.1 Å². The van der Waals surface area contributed by atoms with Crippen molar-refractivity contribution in [1.82, 2.24) is 24.4 Å². The number of rotatable bonds is 4. The lowest BCUT2D eigenvalue weighted by atomic mass is 10.1. The minimum absolute atomic E-state index is 0.0487. The van der Waals surface area contributed by atoms with Gasteiger partial charge in [-0.25, -0.2) is 13.6 Å². The molecule has 4 aromatic heterocycles. The van der Waals surface area contributed by atoms with E-state index in [-0.39, 0.29) is 17.4 Å². The molecule has 0 aromatic carbocycles. The molecule has 7 nitrogen and oxygen atoms in total. The molecule has 5 rings (SSSR count). The second kappa shape index (κ2) is 6.51. The molecule has 0 spiro atoms. The van der Waals surface area contributed by atoms with Gasteiger partial charge in [-0.05, 0) is 56.5 Å². The molecule has 4 aromatic rings. The van der Waals surface area contributed by atoms with Gasteiger partial charge in [0.15, 0.2) is 11.6 Å². The molecular weight excluding hydrogens is 371 g/mol. The van der Waals surface area contributed by atoms with Crippen molar-refractivity contribution in [2.75, 3.05) is 5.32 Å². The molecule has 1 aliphatic carbocycles. The number of anilines is 2. The van der Waals surface area contributed by atoms with Gasteiger partial charge in [0.1, 0.15) is 5.82 Å². The molecule has 0 aliphatic heterocycles. The Morgan fingerprint density at radius 3 is 2.69 bits per heavy atom. The zero-order chi connectivity index (χ0) is 20.1. The van der Waals surface area contributed by atoms with Crippen LogP contribution in [-0.4, -0.2) is 24.4 Å². The standard InChI is InChI=1S/C21H19FN6O/c1-12-7-19(26-28(21(12)29)15-3-4-15)24-20-10-16-9-14(5-6-27(16)25-20)17-8-13(2)23-11-18(17)22/h5-11,15H,3-4H2,1-2H3,(H,24,25,26). The fraction of sp³-hybridized carbons (Fsp3) is 0.238. The van der Waals surface area contributed by atoms with Gasteiger partial charge in [0.25, 0.3) is 5.56 Å². The summed E-state index contributed by atoms with van der Waals surface area (Å²) in [6.07, 6.45) is 4.99. The van der Waals surface area contributed by atoms with E-state index >= 15 is 0 Å². The summed E-state index contributed by atoms with van der Waals surface area (Å²) in [5.41, 5.74) is 3.42. The Morgan fingerprint density at radius 1 is 1.10 bits per heavy atom. The Morgan fingerprint density at radius 2 is 1.90 bits per heavy atom. The second-order valence-corrected chi connectivity index (χ2v) is 7.44. The Labute approximate surface area is 165 Å². The summed E-state index contributed by atoms with van der Waals surface area (Å²) in [7, 11) is 0. The summed E-state index contributed by atoms with van der Waals surface area (Å²) in [5, 5.41) is 12.1. The van der Waals surface area contributed by atoms with Crippen LogP contribution in [0.5, 0.6) is 0 Å². The number of nitrogens with one attached hydrogen (secondary N) is 1. The van der Waals surface area contributed by atoms with Gasteiger partial charge in [-0.2, -0.15) is 10.2 Å². The van der Waals surface area contributed by atoms with E-state index in [1.54, 1.807) is 34.5 Å². The molecular formula is C21H19FN6O. The molecule has 1 fully saturated rings. The zero-order valence-corrected chi connectivity index (χ0v) is 16.1. The Kier molecular flexibility index (Phi) is 3.94. The van der Waals surface area contributed by atoms with Crippen LogP contribution in [0.25, 0.3) is 16.6 Å². The average molecular weight is 390 g/mol. The van der Waals surface area contributed by atoms with Gasteiger partial charge in [-0.1, -0.05) is 0 Å². The normalized spacial score (nSPS) is 13.8. The summed E-state index contributed by atoms with van der Waals surface area (Å²) < 4.78 is 17.5. The highest BCUT2D eigenvalue weighted by molar-refractivity contribution is 5.71. The minimum atomic E-state index is -0.361. The number of halogens is 1. The van der Waals surface area contributed by atoms with Crippen molar-refractivity contribution in [3.05, 3.63) is 70.2 Å². The molecule has 0 radical (unpaired) electrons. The highest BCUT2D eigenvalue weighted by Gasteiger charge is 2.26. The van der Waals surface area contributed by atoms with Gasteiger partial charge in [-0.15, -0.1) is 0 Å². The molecule has 1 N–H and O–H groups in total. The average Bonchev–Trinajstić information content (AvgIpc) is 3.46. The largest absolute Gasteiger partial charge is 0.322 e. The Balaban J connectivity index is 1.49. The van der Waals surface area contributed by atoms with Crippen molar-refractivity contribution >= 4 is 17.2 Å². The lowest BCUT2D eigenvalue weighted by Gasteiger charge is -2.08. The van der Waals surface area contributed by atoms with Crippen LogP contribution >= 0.6 is 0 Å². The van der Waals surface area contributed by atoms with Gasteiger partial charge in [0, 0.05) is 29.1 Å². The van der Waals surface area contributed by atoms with Crippen LogP contribution in [0.15, 0.2) is 47.5 Å². The molecule has 0 amide bonds. The molecule has 1 aliphatic rings. The lowest BCUT2D eigenvalue weighted by molar-refractivity contribution is 0.598. The highest BCUT2D eigenvalue weighted by atomic mass is 19.1. The monoisotopic (exact) mass is 390 g/mol. The fourth-order valence-electron chi connectivity index (χ4n) is 3.38. The van der Waals surface area contributed by atoms with Crippen molar-refractivity contribution < 1.29 is 4.39 Å². The molecule has 0 atom stereocenters. The van der Waals surface area contributed by atoms with Gasteiger partial charge in [0.05, 0.1) is 17.8 Å². The van der Waals surface area contributed by atoms with Crippen LogP contribution in [0.4, 0.5) is 16.0 Å². The molecule has 4 heterocycles. The third kappa shape index (κ3) is 3.26. The van der Waals surface area contributed by atoms with Crippen LogP contribution in [0.1, 0.15) is 30.1 Å².